The smallest absolute Gasteiger partial charge is 0.229 e. The Hall–Kier alpha value is -4.50. The van der Waals surface area contributed by atoms with E-state index >= 15 is 0 Å². The molecule has 0 saturated carbocycles. The van der Waals surface area contributed by atoms with E-state index in [1.165, 1.54) is 11.1 Å². The topological polar surface area (TPSA) is 105 Å². The number of carbonyl (C=O) groups excluding carboxylic acids is 1. The third-order valence-corrected chi connectivity index (χ3v) is 5.81. The van der Waals surface area contributed by atoms with E-state index in [1.807, 2.05) is 48.5 Å². The summed E-state index contributed by atoms with van der Waals surface area (Å²) < 4.78 is 0. The van der Waals surface area contributed by atoms with Gasteiger partial charge in [-0.25, -0.2) is 4.98 Å². The second kappa shape index (κ2) is 10.4. The zero-order valence-electron chi connectivity index (χ0n) is 18.9. The maximum absolute atomic E-state index is 12.5. The summed E-state index contributed by atoms with van der Waals surface area (Å²) in [7, 11) is 0. The van der Waals surface area contributed by atoms with Gasteiger partial charge in [0.15, 0.2) is 0 Å². The summed E-state index contributed by atoms with van der Waals surface area (Å²) >= 11 is 0. The summed E-state index contributed by atoms with van der Waals surface area (Å²) in [4.78, 5) is 21.5. The lowest BCUT2D eigenvalue weighted by molar-refractivity contribution is -0.118. The van der Waals surface area contributed by atoms with Crippen LogP contribution in [0.25, 0.3) is 11.3 Å². The van der Waals surface area contributed by atoms with Crippen molar-refractivity contribution >= 4 is 11.7 Å². The zero-order valence-corrected chi connectivity index (χ0v) is 18.9. The molecule has 4 aromatic rings. The molecule has 168 valence electrons. The number of primary amides is 1. The molecule has 0 aliphatic heterocycles. The number of carbonyl (C=O) groups is 1. The largest absolute Gasteiger partial charge is 0.369 e. The number of nitrogens with two attached hydrogens (primary N) is 1. The molecule has 2 aromatic heterocycles. The van der Waals surface area contributed by atoms with Gasteiger partial charge in [0.1, 0.15) is 5.82 Å². The molecule has 3 N–H and O–H groups in total. The highest BCUT2D eigenvalue weighted by molar-refractivity contribution is 5.87. The molecular formula is C28H25N5O. The molecule has 0 radical (unpaired) electrons. The average molecular weight is 448 g/mol. The molecule has 0 aliphatic carbocycles. The van der Waals surface area contributed by atoms with Crippen molar-refractivity contribution in [2.45, 2.75) is 19.3 Å². The molecular weight excluding hydrogens is 422 g/mol. The van der Waals surface area contributed by atoms with E-state index in [0.717, 1.165) is 12.0 Å². The Kier molecular flexibility index (Phi) is 6.95. The van der Waals surface area contributed by atoms with Crippen LogP contribution >= 0.6 is 0 Å². The SMILES string of the molecule is Cc1ccccc1CCNc1nc(-c2ccccc2C#N)ccc1C(C(N)=O)c1cccnc1. The minimum absolute atomic E-state index is 0.484. The summed E-state index contributed by atoms with van der Waals surface area (Å²) in [5, 5.41) is 13.0. The van der Waals surface area contributed by atoms with Crippen molar-refractivity contribution in [1.82, 2.24) is 9.97 Å². The first-order valence-electron chi connectivity index (χ1n) is 11.1. The molecule has 34 heavy (non-hydrogen) atoms. The summed E-state index contributed by atoms with van der Waals surface area (Å²) in [5.74, 6) is -0.629. The number of nitrogens with zero attached hydrogens (tertiary/aromatic N) is 3. The molecule has 0 saturated heterocycles. The van der Waals surface area contributed by atoms with Gasteiger partial charge in [0.25, 0.3) is 0 Å². The van der Waals surface area contributed by atoms with Gasteiger partial charge < -0.3 is 11.1 Å². The highest BCUT2D eigenvalue weighted by Gasteiger charge is 2.25. The minimum Gasteiger partial charge on any atom is -0.369 e. The summed E-state index contributed by atoms with van der Waals surface area (Å²) in [6.45, 7) is 2.71. The molecule has 1 atom stereocenters. The molecule has 1 unspecified atom stereocenters. The molecule has 0 fully saturated rings. The van der Waals surface area contributed by atoms with Crippen LogP contribution in [0.5, 0.6) is 0 Å². The van der Waals surface area contributed by atoms with Gasteiger partial charge in [0.2, 0.25) is 5.91 Å². The van der Waals surface area contributed by atoms with Crippen LogP contribution < -0.4 is 11.1 Å². The number of aromatic nitrogens is 2. The quantitative estimate of drug-likeness (QED) is 0.411. The Morgan fingerprint density at radius 3 is 2.59 bits per heavy atom. The van der Waals surface area contributed by atoms with Gasteiger partial charge in [-0.3, -0.25) is 9.78 Å². The van der Waals surface area contributed by atoms with Crippen LogP contribution in [0.3, 0.4) is 0 Å². The van der Waals surface area contributed by atoms with Crippen molar-refractivity contribution < 1.29 is 4.79 Å². The Bertz CT molecular complexity index is 1340. The van der Waals surface area contributed by atoms with Gasteiger partial charge in [-0.2, -0.15) is 5.26 Å². The average Bonchev–Trinajstić information content (AvgIpc) is 2.86. The van der Waals surface area contributed by atoms with E-state index < -0.39 is 11.8 Å². The molecule has 0 spiro atoms. The van der Waals surface area contributed by atoms with Crippen molar-refractivity contribution in [3.63, 3.8) is 0 Å². The van der Waals surface area contributed by atoms with Crippen molar-refractivity contribution in [1.29, 1.82) is 5.26 Å². The third-order valence-electron chi connectivity index (χ3n) is 5.81. The standard InChI is InChI=1S/C28H25N5O/c1-19-7-2-3-8-20(19)14-16-32-28-24(26(27(30)34)22-10-6-15-31-18-22)12-13-25(33-28)23-11-5-4-9-21(23)17-29/h2-13,15,18,26H,14,16H2,1H3,(H2,30,34)(H,32,33). The zero-order chi connectivity index (χ0) is 23.9. The van der Waals surface area contributed by atoms with Crippen LogP contribution in [0.15, 0.2) is 85.2 Å². The predicted molar refractivity (Wildman–Crippen MR) is 133 cm³/mol. The number of rotatable bonds is 8. The summed E-state index contributed by atoms with van der Waals surface area (Å²) in [6, 6.07) is 25.1. The highest BCUT2D eigenvalue weighted by atomic mass is 16.1. The highest BCUT2D eigenvalue weighted by Crippen LogP contribution is 2.32. The van der Waals surface area contributed by atoms with Gasteiger partial charge >= 0.3 is 0 Å². The Morgan fingerprint density at radius 1 is 1.06 bits per heavy atom. The van der Waals surface area contributed by atoms with Crippen LogP contribution in [-0.4, -0.2) is 22.4 Å². The number of hydrogen-bond donors (Lipinski definition) is 2. The molecule has 1 amide bonds. The molecule has 4 rings (SSSR count). The van der Waals surface area contributed by atoms with Crippen LogP contribution in [0, 0.1) is 18.3 Å². The second-order valence-corrected chi connectivity index (χ2v) is 8.02. The van der Waals surface area contributed by atoms with Gasteiger partial charge in [-0.05, 0) is 48.2 Å². The normalized spacial score (nSPS) is 11.4. The van der Waals surface area contributed by atoms with Crippen LogP contribution in [0.2, 0.25) is 0 Å². The Labute approximate surface area is 199 Å². The maximum Gasteiger partial charge on any atom is 0.229 e. The van der Waals surface area contributed by atoms with E-state index in [2.05, 4.69) is 35.4 Å². The third kappa shape index (κ3) is 4.94. The number of benzene rings is 2. The van der Waals surface area contributed by atoms with Gasteiger partial charge in [0, 0.05) is 30.1 Å². The second-order valence-electron chi connectivity index (χ2n) is 8.02. The number of aryl methyl sites for hydroxylation is 1. The first-order valence-corrected chi connectivity index (χ1v) is 11.1. The number of amides is 1. The van der Waals surface area contributed by atoms with E-state index in [4.69, 9.17) is 10.7 Å². The lowest BCUT2D eigenvalue weighted by Gasteiger charge is -2.19. The van der Waals surface area contributed by atoms with Crippen LogP contribution in [0.4, 0.5) is 5.82 Å². The van der Waals surface area contributed by atoms with E-state index in [-0.39, 0.29) is 0 Å². The Morgan fingerprint density at radius 2 is 1.85 bits per heavy atom. The Balaban J connectivity index is 1.75. The maximum atomic E-state index is 12.5. The molecule has 2 aromatic carbocycles. The number of nitrogens with one attached hydrogen (secondary N) is 1. The van der Waals surface area contributed by atoms with Crippen molar-refractivity contribution in [3.05, 3.63) is 113 Å². The molecule has 6 nitrogen and oxygen atoms in total. The summed E-state index contributed by atoms with van der Waals surface area (Å²) in [6.07, 6.45) is 4.09. The van der Waals surface area contributed by atoms with Crippen molar-refractivity contribution in [2.24, 2.45) is 5.73 Å². The van der Waals surface area contributed by atoms with Gasteiger partial charge in [0.05, 0.1) is 23.2 Å². The van der Waals surface area contributed by atoms with Crippen LogP contribution in [0.1, 0.15) is 33.7 Å². The van der Waals surface area contributed by atoms with Crippen molar-refractivity contribution in [2.75, 3.05) is 11.9 Å². The number of anilines is 1. The van der Waals surface area contributed by atoms with Crippen LogP contribution in [-0.2, 0) is 11.2 Å². The summed E-state index contributed by atoms with van der Waals surface area (Å²) in [5.41, 5.74) is 11.6. The fourth-order valence-electron chi connectivity index (χ4n) is 4.05. The van der Waals surface area contributed by atoms with Gasteiger partial charge in [-0.15, -0.1) is 0 Å². The van der Waals surface area contributed by atoms with Gasteiger partial charge in [-0.1, -0.05) is 54.6 Å². The molecule has 6 heteroatoms. The van der Waals surface area contributed by atoms with E-state index in [1.54, 1.807) is 24.5 Å². The van der Waals surface area contributed by atoms with E-state index in [9.17, 15) is 10.1 Å². The first-order chi connectivity index (χ1) is 16.6. The minimum atomic E-state index is -0.706. The fourth-order valence-corrected chi connectivity index (χ4v) is 4.05. The predicted octanol–water partition coefficient (Wildman–Crippen LogP) is 4.60. The van der Waals surface area contributed by atoms with E-state index in [0.29, 0.717) is 34.7 Å². The monoisotopic (exact) mass is 447 g/mol. The molecule has 0 bridgehead atoms. The number of pyridine rings is 2. The lowest BCUT2D eigenvalue weighted by atomic mass is 9.91. The first kappa shape index (κ1) is 22.7. The number of hydrogen-bond acceptors (Lipinski definition) is 5. The van der Waals surface area contributed by atoms with Crippen molar-refractivity contribution in [3.8, 4) is 17.3 Å². The number of nitriles is 1. The lowest BCUT2D eigenvalue weighted by Crippen LogP contribution is -2.24. The molecule has 0 aliphatic rings. The molecule has 2 heterocycles. The fraction of sp³-hybridized carbons (Fsp3) is 0.143.